The van der Waals surface area contributed by atoms with Crippen LogP contribution in [-0.2, 0) is 0 Å². The Morgan fingerprint density at radius 3 is 2.92 bits per heavy atom. The van der Waals surface area contributed by atoms with Crippen molar-refractivity contribution in [2.45, 2.75) is 13.0 Å². The van der Waals surface area contributed by atoms with E-state index in [2.05, 4.69) is 10.0 Å². The highest BCUT2D eigenvalue weighted by Gasteiger charge is 2.15. The van der Waals surface area contributed by atoms with Crippen molar-refractivity contribution in [2.24, 2.45) is 5.11 Å². The van der Waals surface area contributed by atoms with Crippen molar-refractivity contribution in [3.8, 4) is 0 Å². The standard InChI is InChI=1S/C7H6ClN3OS/c1-4(10-11-9)7(12)5-2-3-6(8)13-5/h2-4H,1H3. The van der Waals surface area contributed by atoms with Crippen LogP contribution >= 0.6 is 22.9 Å². The lowest BCUT2D eigenvalue weighted by Crippen LogP contribution is -2.12. The van der Waals surface area contributed by atoms with Gasteiger partial charge in [0.25, 0.3) is 0 Å². The maximum absolute atomic E-state index is 11.4. The fraction of sp³-hybridized carbons (Fsp3) is 0.286. The Morgan fingerprint density at radius 1 is 1.77 bits per heavy atom. The molecule has 0 aliphatic rings. The predicted octanol–water partition coefficient (Wildman–Crippen LogP) is 3.28. The van der Waals surface area contributed by atoms with Crippen molar-refractivity contribution in [1.82, 2.24) is 0 Å². The number of nitrogens with zero attached hydrogens (tertiary/aromatic N) is 3. The monoisotopic (exact) mass is 215 g/mol. The van der Waals surface area contributed by atoms with Gasteiger partial charge in [0.05, 0.1) is 15.3 Å². The summed E-state index contributed by atoms with van der Waals surface area (Å²) in [6, 6.07) is 2.60. The number of rotatable bonds is 3. The first-order valence-corrected chi connectivity index (χ1v) is 4.68. The minimum absolute atomic E-state index is 0.199. The number of carbonyl (C=O) groups excluding carboxylic acids is 1. The van der Waals surface area contributed by atoms with Crippen molar-refractivity contribution < 1.29 is 4.79 Å². The predicted molar refractivity (Wildman–Crippen MR) is 52.3 cm³/mol. The van der Waals surface area contributed by atoms with Gasteiger partial charge >= 0.3 is 0 Å². The molecule has 0 spiro atoms. The molecule has 0 amide bonds. The first kappa shape index (κ1) is 10.1. The SMILES string of the molecule is CC(N=[N+]=[N-])C(=O)c1ccc(Cl)s1. The summed E-state index contributed by atoms with van der Waals surface area (Å²) in [5, 5.41) is 3.30. The molecule has 6 heteroatoms. The van der Waals surface area contributed by atoms with E-state index in [9.17, 15) is 4.79 Å². The van der Waals surface area contributed by atoms with E-state index < -0.39 is 6.04 Å². The van der Waals surface area contributed by atoms with Crippen molar-refractivity contribution in [3.05, 3.63) is 31.8 Å². The van der Waals surface area contributed by atoms with Crippen molar-refractivity contribution >= 4 is 28.7 Å². The fourth-order valence-electron chi connectivity index (χ4n) is 0.782. The molecule has 0 bridgehead atoms. The molecule has 1 aromatic heterocycles. The number of ketones is 1. The molecule has 1 rings (SSSR count). The molecule has 68 valence electrons. The molecule has 0 radical (unpaired) electrons. The lowest BCUT2D eigenvalue weighted by atomic mass is 10.2. The van der Waals surface area contributed by atoms with Gasteiger partial charge in [-0.3, -0.25) is 4.79 Å². The van der Waals surface area contributed by atoms with Crippen LogP contribution in [0.5, 0.6) is 0 Å². The Morgan fingerprint density at radius 2 is 2.46 bits per heavy atom. The zero-order valence-corrected chi connectivity index (χ0v) is 8.34. The maximum Gasteiger partial charge on any atom is 0.181 e. The minimum atomic E-state index is -0.667. The van der Waals surface area contributed by atoms with Gasteiger partial charge in [-0.05, 0) is 24.6 Å². The van der Waals surface area contributed by atoms with Crippen LogP contribution in [0.4, 0.5) is 0 Å². The van der Waals surface area contributed by atoms with Gasteiger partial charge in [0, 0.05) is 4.91 Å². The molecule has 1 unspecified atom stereocenters. The highest BCUT2D eigenvalue weighted by Crippen LogP contribution is 2.23. The van der Waals surface area contributed by atoms with E-state index in [1.165, 1.54) is 11.3 Å². The first-order valence-electron chi connectivity index (χ1n) is 3.49. The number of hydrogen-bond acceptors (Lipinski definition) is 3. The molecule has 0 N–H and O–H groups in total. The van der Waals surface area contributed by atoms with E-state index in [1.807, 2.05) is 0 Å². The van der Waals surface area contributed by atoms with Crippen molar-refractivity contribution in [2.75, 3.05) is 0 Å². The molecule has 0 fully saturated rings. The van der Waals surface area contributed by atoms with Crippen molar-refractivity contribution in [3.63, 3.8) is 0 Å². The molecule has 0 aliphatic carbocycles. The van der Waals surface area contributed by atoms with E-state index in [4.69, 9.17) is 17.1 Å². The molecule has 13 heavy (non-hydrogen) atoms. The number of Topliss-reactive ketones (excluding diaryl/α,β-unsaturated/α-hetero) is 1. The highest BCUT2D eigenvalue weighted by atomic mass is 35.5. The molecular weight excluding hydrogens is 210 g/mol. The van der Waals surface area contributed by atoms with Gasteiger partial charge in [-0.25, -0.2) is 0 Å². The van der Waals surface area contributed by atoms with E-state index in [0.717, 1.165) is 0 Å². The fourth-order valence-corrected chi connectivity index (χ4v) is 1.85. The lowest BCUT2D eigenvalue weighted by molar-refractivity contribution is 0.0972. The summed E-state index contributed by atoms with van der Waals surface area (Å²) in [4.78, 5) is 14.5. The highest BCUT2D eigenvalue weighted by molar-refractivity contribution is 7.18. The summed E-state index contributed by atoms with van der Waals surface area (Å²) in [7, 11) is 0. The summed E-state index contributed by atoms with van der Waals surface area (Å²) in [5.74, 6) is -0.199. The van der Waals surface area contributed by atoms with Crippen LogP contribution in [0.3, 0.4) is 0 Å². The zero-order chi connectivity index (χ0) is 9.84. The third kappa shape index (κ3) is 2.45. The first-order chi connectivity index (χ1) is 6.15. The van der Waals surface area contributed by atoms with Crippen molar-refractivity contribution in [1.29, 1.82) is 0 Å². The Bertz CT molecular complexity index is 370. The van der Waals surface area contributed by atoms with Gasteiger partial charge in [0.15, 0.2) is 5.78 Å². The second kappa shape index (κ2) is 4.28. The molecule has 0 aromatic carbocycles. The third-order valence-electron chi connectivity index (χ3n) is 1.42. The Balaban J connectivity index is 2.85. The summed E-state index contributed by atoms with van der Waals surface area (Å²) >= 11 is 6.83. The zero-order valence-electron chi connectivity index (χ0n) is 6.77. The third-order valence-corrected chi connectivity index (χ3v) is 2.67. The topological polar surface area (TPSA) is 65.8 Å². The number of halogens is 1. The number of hydrogen-bond donors (Lipinski definition) is 0. The van der Waals surface area contributed by atoms with Gasteiger partial charge in [-0.15, -0.1) is 11.3 Å². The summed E-state index contributed by atoms with van der Waals surface area (Å²) in [5.41, 5.74) is 8.12. The van der Waals surface area contributed by atoms with Crippen LogP contribution in [0.1, 0.15) is 16.6 Å². The number of azide groups is 1. The molecule has 0 aliphatic heterocycles. The Labute approximate surface area is 83.8 Å². The van der Waals surface area contributed by atoms with Crippen LogP contribution in [0, 0.1) is 0 Å². The van der Waals surface area contributed by atoms with Crippen LogP contribution in [0.25, 0.3) is 10.4 Å². The second-order valence-electron chi connectivity index (χ2n) is 2.35. The van der Waals surface area contributed by atoms with Gasteiger partial charge in [-0.1, -0.05) is 16.7 Å². The quantitative estimate of drug-likeness (QED) is 0.330. The molecular formula is C7H6ClN3OS. The summed E-state index contributed by atoms with van der Waals surface area (Å²) in [6.45, 7) is 1.55. The largest absolute Gasteiger partial charge is 0.293 e. The van der Waals surface area contributed by atoms with Gasteiger partial charge < -0.3 is 0 Å². The normalized spacial score (nSPS) is 11.8. The van der Waals surface area contributed by atoms with E-state index in [1.54, 1.807) is 19.1 Å². The van der Waals surface area contributed by atoms with Gasteiger partial charge in [0.2, 0.25) is 0 Å². The summed E-state index contributed by atoms with van der Waals surface area (Å²) in [6.07, 6.45) is 0. The van der Waals surface area contributed by atoms with Crippen LogP contribution in [-0.4, -0.2) is 11.8 Å². The van der Waals surface area contributed by atoms with Crippen LogP contribution in [0.15, 0.2) is 17.2 Å². The van der Waals surface area contributed by atoms with E-state index in [0.29, 0.717) is 9.21 Å². The maximum atomic E-state index is 11.4. The van der Waals surface area contributed by atoms with Gasteiger partial charge in [0.1, 0.15) is 0 Å². The van der Waals surface area contributed by atoms with Crippen LogP contribution in [0.2, 0.25) is 4.34 Å². The molecule has 4 nitrogen and oxygen atoms in total. The summed E-state index contributed by atoms with van der Waals surface area (Å²) < 4.78 is 0.552. The average Bonchev–Trinajstić information content (AvgIpc) is 2.51. The molecule has 1 aromatic rings. The Hall–Kier alpha value is -1.03. The van der Waals surface area contributed by atoms with E-state index >= 15 is 0 Å². The average molecular weight is 216 g/mol. The van der Waals surface area contributed by atoms with Gasteiger partial charge in [-0.2, -0.15) is 0 Å². The smallest absolute Gasteiger partial charge is 0.181 e. The minimum Gasteiger partial charge on any atom is -0.293 e. The van der Waals surface area contributed by atoms with Crippen LogP contribution < -0.4 is 0 Å². The molecule has 1 atom stereocenters. The molecule has 1 heterocycles. The van der Waals surface area contributed by atoms with E-state index in [-0.39, 0.29) is 5.78 Å². The Kier molecular flexibility index (Phi) is 3.31. The molecule has 0 saturated heterocycles. The number of carbonyl (C=O) groups is 1. The second-order valence-corrected chi connectivity index (χ2v) is 4.06. The lowest BCUT2D eigenvalue weighted by Gasteiger charge is -1.98. The molecule has 0 saturated carbocycles. The number of thiophene rings is 1.